The molecule has 0 bridgehead atoms. The van der Waals surface area contributed by atoms with Crippen molar-refractivity contribution < 1.29 is 13.9 Å². The maximum absolute atomic E-state index is 12.2. The molecule has 1 amide bonds. The number of ether oxygens (including phenoxy) is 1. The fourth-order valence-corrected chi connectivity index (χ4v) is 2.28. The number of carbonyl (C=O) groups is 1. The molecule has 0 aliphatic heterocycles. The molecule has 0 fully saturated rings. The molecule has 0 aliphatic carbocycles. The smallest absolute Gasteiger partial charge is 0.270 e. The van der Waals surface area contributed by atoms with Gasteiger partial charge in [0.05, 0.1) is 19.9 Å². The predicted molar refractivity (Wildman–Crippen MR) is 92.2 cm³/mol. The number of furan rings is 1. The predicted octanol–water partition coefficient (Wildman–Crippen LogP) is 2.62. The summed E-state index contributed by atoms with van der Waals surface area (Å²) in [6.07, 6.45) is 2.92. The van der Waals surface area contributed by atoms with Gasteiger partial charge in [-0.2, -0.15) is 0 Å². The van der Waals surface area contributed by atoms with Crippen LogP contribution in [0.2, 0.25) is 0 Å². The number of hydrogen-bond donors (Lipinski definition) is 2. The number of methoxy groups -OCH3 is 1. The third-order valence-corrected chi connectivity index (χ3v) is 3.56. The number of hydrogen-bond acceptors (Lipinski definition) is 6. The van der Waals surface area contributed by atoms with E-state index in [2.05, 4.69) is 20.6 Å². The summed E-state index contributed by atoms with van der Waals surface area (Å²) in [5, 5.41) is 5.92. The highest BCUT2D eigenvalue weighted by molar-refractivity contribution is 5.92. The lowest BCUT2D eigenvalue weighted by atomic mass is 10.2. The minimum atomic E-state index is -0.292. The number of para-hydroxylation sites is 1. The summed E-state index contributed by atoms with van der Waals surface area (Å²) >= 11 is 0. The number of nitrogens with one attached hydrogen (secondary N) is 2. The lowest BCUT2D eigenvalue weighted by molar-refractivity contribution is 0.0943. The van der Waals surface area contributed by atoms with Crippen molar-refractivity contribution in [2.75, 3.05) is 12.4 Å². The summed E-state index contributed by atoms with van der Waals surface area (Å²) < 4.78 is 10.5. The van der Waals surface area contributed by atoms with Gasteiger partial charge in [-0.15, -0.1) is 0 Å². The number of aromatic nitrogens is 2. The van der Waals surface area contributed by atoms with Gasteiger partial charge in [0, 0.05) is 18.2 Å². The molecule has 0 saturated heterocycles. The molecule has 7 heteroatoms. The van der Waals surface area contributed by atoms with Crippen LogP contribution in [0.5, 0.6) is 5.75 Å². The van der Waals surface area contributed by atoms with Gasteiger partial charge in [-0.05, 0) is 18.2 Å². The van der Waals surface area contributed by atoms with Crippen molar-refractivity contribution in [1.82, 2.24) is 15.3 Å². The Kier molecular flexibility index (Phi) is 5.26. The van der Waals surface area contributed by atoms with Crippen molar-refractivity contribution in [3.63, 3.8) is 0 Å². The Morgan fingerprint density at radius 1 is 1.16 bits per heavy atom. The Balaban J connectivity index is 1.61. The van der Waals surface area contributed by atoms with E-state index >= 15 is 0 Å². The van der Waals surface area contributed by atoms with Gasteiger partial charge in [0.1, 0.15) is 29.3 Å². The zero-order chi connectivity index (χ0) is 17.5. The summed E-state index contributed by atoms with van der Waals surface area (Å²) in [5.74, 6) is 1.74. The first-order chi connectivity index (χ1) is 12.3. The van der Waals surface area contributed by atoms with E-state index in [1.165, 1.54) is 6.33 Å². The van der Waals surface area contributed by atoms with Crippen LogP contribution in [0.25, 0.3) is 0 Å². The highest BCUT2D eigenvalue weighted by atomic mass is 16.5. The van der Waals surface area contributed by atoms with Gasteiger partial charge in [0.25, 0.3) is 5.91 Å². The monoisotopic (exact) mass is 338 g/mol. The maximum Gasteiger partial charge on any atom is 0.270 e. The van der Waals surface area contributed by atoms with Gasteiger partial charge in [0.2, 0.25) is 0 Å². The van der Waals surface area contributed by atoms with Crippen LogP contribution in [0, 0.1) is 0 Å². The van der Waals surface area contributed by atoms with Crippen molar-refractivity contribution >= 4 is 11.7 Å². The molecule has 0 unspecified atom stereocenters. The molecular formula is C18H18N4O3. The van der Waals surface area contributed by atoms with E-state index in [-0.39, 0.29) is 11.6 Å². The number of anilines is 1. The molecule has 0 saturated carbocycles. The lowest BCUT2D eigenvalue weighted by Crippen LogP contribution is -2.23. The van der Waals surface area contributed by atoms with Crippen LogP contribution >= 0.6 is 0 Å². The van der Waals surface area contributed by atoms with E-state index in [9.17, 15) is 4.79 Å². The van der Waals surface area contributed by atoms with Crippen LogP contribution in [0.3, 0.4) is 0 Å². The van der Waals surface area contributed by atoms with Gasteiger partial charge in [-0.25, -0.2) is 9.97 Å². The average molecular weight is 338 g/mol. The topological polar surface area (TPSA) is 89.3 Å². The summed E-state index contributed by atoms with van der Waals surface area (Å²) in [6, 6.07) is 12.9. The van der Waals surface area contributed by atoms with Crippen LogP contribution in [-0.2, 0) is 13.1 Å². The molecule has 3 aromatic rings. The second kappa shape index (κ2) is 7.96. The van der Waals surface area contributed by atoms with E-state index < -0.39 is 0 Å². The molecule has 128 valence electrons. The molecule has 7 nitrogen and oxygen atoms in total. The molecule has 2 heterocycles. The number of benzene rings is 1. The number of amides is 1. The Morgan fingerprint density at radius 3 is 2.84 bits per heavy atom. The second-order valence-electron chi connectivity index (χ2n) is 5.22. The van der Waals surface area contributed by atoms with E-state index in [0.717, 1.165) is 11.3 Å². The van der Waals surface area contributed by atoms with Crippen molar-refractivity contribution in [1.29, 1.82) is 0 Å². The average Bonchev–Trinajstić information content (AvgIpc) is 3.18. The molecule has 0 aliphatic rings. The van der Waals surface area contributed by atoms with E-state index in [1.54, 1.807) is 31.6 Å². The van der Waals surface area contributed by atoms with Crippen molar-refractivity contribution in [3.8, 4) is 5.75 Å². The van der Waals surface area contributed by atoms with Crippen molar-refractivity contribution in [3.05, 3.63) is 72.1 Å². The van der Waals surface area contributed by atoms with Crippen molar-refractivity contribution in [2.24, 2.45) is 0 Å². The molecule has 25 heavy (non-hydrogen) atoms. The second-order valence-corrected chi connectivity index (χ2v) is 5.22. The molecule has 0 atom stereocenters. The Hall–Kier alpha value is -3.35. The molecule has 3 rings (SSSR count). The van der Waals surface area contributed by atoms with Gasteiger partial charge in [-0.1, -0.05) is 18.2 Å². The summed E-state index contributed by atoms with van der Waals surface area (Å²) in [6.45, 7) is 0.828. The first kappa shape index (κ1) is 16.5. The summed E-state index contributed by atoms with van der Waals surface area (Å²) in [5.41, 5.74) is 1.27. The van der Waals surface area contributed by atoms with Gasteiger partial charge in [-0.3, -0.25) is 4.79 Å². The van der Waals surface area contributed by atoms with Crippen molar-refractivity contribution in [2.45, 2.75) is 13.1 Å². The Morgan fingerprint density at radius 2 is 2.04 bits per heavy atom. The standard InChI is InChI=1S/C18H18N4O3/c1-24-16-7-3-2-5-13(16)10-19-17-9-15(21-12-22-17)18(23)20-11-14-6-4-8-25-14/h2-9,12H,10-11H2,1H3,(H,20,23)(H,19,21,22). The van der Waals surface area contributed by atoms with Crippen LogP contribution in [0.15, 0.2) is 59.5 Å². The molecule has 1 aromatic carbocycles. The van der Waals surface area contributed by atoms with Gasteiger partial charge < -0.3 is 19.8 Å². The minimum Gasteiger partial charge on any atom is -0.496 e. The Labute approximate surface area is 145 Å². The zero-order valence-electron chi connectivity index (χ0n) is 13.7. The van der Waals surface area contributed by atoms with E-state index in [4.69, 9.17) is 9.15 Å². The number of rotatable bonds is 7. The van der Waals surface area contributed by atoms with Crippen LogP contribution < -0.4 is 15.4 Å². The molecular weight excluding hydrogens is 320 g/mol. The normalized spacial score (nSPS) is 10.3. The third-order valence-electron chi connectivity index (χ3n) is 3.56. The van der Waals surface area contributed by atoms with Crippen LogP contribution in [0.4, 0.5) is 5.82 Å². The molecule has 0 radical (unpaired) electrons. The fourth-order valence-electron chi connectivity index (χ4n) is 2.28. The van der Waals surface area contributed by atoms with Gasteiger partial charge >= 0.3 is 0 Å². The first-order valence-corrected chi connectivity index (χ1v) is 7.74. The Bertz CT molecular complexity index is 834. The zero-order valence-corrected chi connectivity index (χ0v) is 13.7. The van der Waals surface area contributed by atoms with E-state index in [0.29, 0.717) is 24.7 Å². The maximum atomic E-state index is 12.2. The number of nitrogens with zero attached hydrogens (tertiary/aromatic N) is 2. The SMILES string of the molecule is COc1ccccc1CNc1cc(C(=O)NCc2ccco2)ncn1. The van der Waals surface area contributed by atoms with E-state index in [1.807, 2.05) is 24.3 Å². The number of carbonyl (C=O) groups excluding carboxylic acids is 1. The fraction of sp³-hybridized carbons (Fsp3) is 0.167. The highest BCUT2D eigenvalue weighted by Crippen LogP contribution is 2.18. The molecule has 2 N–H and O–H groups in total. The van der Waals surface area contributed by atoms with Gasteiger partial charge in [0.15, 0.2) is 0 Å². The lowest BCUT2D eigenvalue weighted by Gasteiger charge is -2.10. The quantitative estimate of drug-likeness (QED) is 0.688. The minimum absolute atomic E-state index is 0.282. The highest BCUT2D eigenvalue weighted by Gasteiger charge is 2.10. The third kappa shape index (κ3) is 4.35. The first-order valence-electron chi connectivity index (χ1n) is 7.74. The van der Waals surface area contributed by atoms with Crippen LogP contribution in [0.1, 0.15) is 21.8 Å². The molecule has 0 spiro atoms. The summed E-state index contributed by atoms with van der Waals surface area (Å²) in [4.78, 5) is 20.3. The molecule has 2 aromatic heterocycles. The summed E-state index contributed by atoms with van der Waals surface area (Å²) in [7, 11) is 1.63. The largest absolute Gasteiger partial charge is 0.496 e. The van der Waals surface area contributed by atoms with Crippen LogP contribution in [-0.4, -0.2) is 23.0 Å².